The number of nitrogens with zero attached hydrogens (tertiary/aromatic N) is 1. The van der Waals surface area contributed by atoms with Crippen molar-refractivity contribution in [3.63, 3.8) is 0 Å². The summed E-state index contributed by atoms with van der Waals surface area (Å²) in [6, 6.07) is 10.0. The molecule has 2 aromatic heterocycles. The Bertz CT molecular complexity index is 1030. The minimum atomic E-state index is -0.537. The third-order valence-electron chi connectivity index (χ3n) is 3.65. The van der Waals surface area contributed by atoms with Crippen molar-refractivity contribution in [3.05, 3.63) is 80.4 Å². The van der Waals surface area contributed by atoms with E-state index in [1.807, 2.05) is 0 Å². The van der Waals surface area contributed by atoms with Gasteiger partial charge in [0.15, 0.2) is 0 Å². The van der Waals surface area contributed by atoms with Crippen LogP contribution in [0.1, 0.15) is 21.7 Å². The van der Waals surface area contributed by atoms with Crippen LogP contribution < -0.4 is 16.6 Å². The van der Waals surface area contributed by atoms with Crippen LogP contribution in [0.4, 0.5) is 5.69 Å². The number of amides is 1. The molecule has 0 aliphatic heterocycles. The molecule has 0 atom stereocenters. The molecule has 0 saturated carbocycles. The summed E-state index contributed by atoms with van der Waals surface area (Å²) in [6.45, 7) is 3.51. The number of nitrogens with one attached hydrogen (secondary N) is 3. The molecule has 24 heavy (non-hydrogen) atoms. The fraction of sp³-hybridized carbons (Fsp3) is 0.118. The normalized spacial score (nSPS) is 10.6. The maximum atomic E-state index is 12.4. The van der Waals surface area contributed by atoms with Crippen molar-refractivity contribution in [3.8, 4) is 5.69 Å². The molecule has 3 aromatic rings. The molecule has 0 unspecified atom stereocenters. The number of pyridine rings is 1. The highest BCUT2D eigenvalue weighted by atomic mass is 16.2. The van der Waals surface area contributed by atoms with Crippen LogP contribution in [-0.4, -0.2) is 20.4 Å². The zero-order valence-corrected chi connectivity index (χ0v) is 13.2. The summed E-state index contributed by atoms with van der Waals surface area (Å²) in [6.07, 6.45) is 1.59. The maximum absolute atomic E-state index is 12.4. The predicted octanol–water partition coefficient (Wildman–Crippen LogP) is 1.72. The lowest BCUT2D eigenvalue weighted by molar-refractivity contribution is 0.102. The number of aromatic amines is 2. The molecule has 0 radical (unpaired) electrons. The van der Waals surface area contributed by atoms with E-state index in [0.717, 1.165) is 0 Å². The van der Waals surface area contributed by atoms with Gasteiger partial charge in [-0.25, -0.2) is 4.79 Å². The van der Waals surface area contributed by atoms with Gasteiger partial charge in [0, 0.05) is 17.6 Å². The summed E-state index contributed by atoms with van der Waals surface area (Å²) in [5, 5.41) is 2.70. The first-order chi connectivity index (χ1) is 11.5. The van der Waals surface area contributed by atoms with Crippen molar-refractivity contribution >= 4 is 11.6 Å². The largest absolute Gasteiger partial charge is 0.330 e. The van der Waals surface area contributed by atoms with Gasteiger partial charge < -0.3 is 15.3 Å². The van der Waals surface area contributed by atoms with Gasteiger partial charge in [-0.1, -0.05) is 12.1 Å². The monoisotopic (exact) mass is 324 g/mol. The molecule has 1 aromatic carbocycles. The van der Waals surface area contributed by atoms with E-state index in [2.05, 4.69) is 15.3 Å². The number of benzene rings is 1. The number of anilines is 1. The molecule has 0 aliphatic rings. The Morgan fingerprint density at radius 2 is 1.83 bits per heavy atom. The van der Waals surface area contributed by atoms with E-state index in [1.165, 1.54) is 10.6 Å². The van der Waals surface area contributed by atoms with Crippen molar-refractivity contribution in [2.45, 2.75) is 13.8 Å². The summed E-state index contributed by atoms with van der Waals surface area (Å²) < 4.78 is 1.45. The second kappa shape index (κ2) is 6.04. The lowest BCUT2D eigenvalue weighted by Gasteiger charge is -2.12. The molecule has 0 spiro atoms. The van der Waals surface area contributed by atoms with E-state index in [0.29, 0.717) is 22.8 Å². The number of H-pyrrole nitrogens is 2. The average molecular weight is 324 g/mol. The smallest absolute Gasteiger partial charge is 0.326 e. The molecule has 122 valence electrons. The highest BCUT2D eigenvalue weighted by molar-refractivity contribution is 6.05. The van der Waals surface area contributed by atoms with Gasteiger partial charge in [0.05, 0.1) is 11.4 Å². The fourth-order valence-electron chi connectivity index (χ4n) is 2.47. The number of rotatable bonds is 3. The number of aromatic nitrogens is 3. The van der Waals surface area contributed by atoms with Crippen LogP contribution in [0.15, 0.2) is 52.2 Å². The highest BCUT2D eigenvalue weighted by Crippen LogP contribution is 2.20. The first-order valence-corrected chi connectivity index (χ1v) is 7.35. The summed E-state index contributed by atoms with van der Waals surface area (Å²) in [5.41, 5.74) is 1.59. The van der Waals surface area contributed by atoms with E-state index in [-0.39, 0.29) is 11.3 Å². The van der Waals surface area contributed by atoms with Gasteiger partial charge in [-0.15, -0.1) is 0 Å². The van der Waals surface area contributed by atoms with Gasteiger partial charge in [-0.2, -0.15) is 0 Å². The molecule has 0 aliphatic carbocycles. The van der Waals surface area contributed by atoms with Crippen molar-refractivity contribution in [1.29, 1.82) is 0 Å². The SMILES string of the molecule is Cc1ccc(C(=O)Nc2ccccc2-n2c(C)c[nH]c2=O)c(=O)[nH]1. The minimum absolute atomic E-state index is 0.00791. The summed E-state index contributed by atoms with van der Waals surface area (Å²) in [5.74, 6) is -0.537. The molecule has 3 N–H and O–H groups in total. The number of hydrogen-bond donors (Lipinski definition) is 3. The standard InChI is InChI=1S/C17H16N4O3/c1-10-7-8-12(15(22)19-10)16(23)20-13-5-3-4-6-14(13)21-11(2)9-18-17(21)24/h3-9H,1-2H3,(H,18,24)(H,19,22)(H,20,23). The summed E-state index contributed by atoms with van der Waals surface area (Å²) in [7, 11) is 0. The minimum Gasteiger partial charge on any atom is -0.326 e. The molecule has 2 heterocycles. The van der Waals surface area contributed by atoms with Gasteiger partial charge in [0.2, 0.25) is 0 Å². The van der Waals surface area contributed by atoms with Crippen molar-refractivity contribution in [1.82, 2.24) is 14.5 Å². The average Bonchev–Trinajstić information content (AvgIpc) is 2.87. The first-order valence-electron chi connectivity index (χ1n) is 7.35. The predicted molar refractivity (Wildman–Crippen MR) is 90.9 cm³/mol. The topological polar surface area (TPSA) is 99.8 Å². The molecule has 1 amide bonds. The van der Waals surface area contributed by atoms with Crippen molar-refractivity contribution in [2.24, 2.45) is 0 Å². The first kappa shape index (κ1) is 15.5. The Hall–Kier alpha value is -3.35. The van der Waals surface area contributed by atoms with Crippen LogP contribution in [0.5, 0.6) is 0 Å². The molecule has 0 saturated heterocycles. The maximum Gasteiger partial charge on any atom is 0.330 e. The number of carbonyl (C=O) groups is 1. The molecule has 0 fully saturated rings. The summed E-state index contributed by atoms with van der Waals surface area (Å²) >= 11 is 0. The van der Waals surface area contributed by atoms with Gasteiger partial charge in [-0.3, -0.25) is 14.2 Å². The fourth-order valence-corrected chi connectivity index (χ4v) is 2.47. The second-order valence-electron chi connectivity index (χ2n) is 5.43. The van der Waals surface area contributed by atoms with E-state index in [4.69, 9.17) is 0 Å². The van der Waals surface area contributed by atoms with E-state index in [1.54, 1.807) is 50.4 Å². The Balaban J connectivity index is 2.01. The Kier molecular flexibility index (Phi) is 3.91. The Morgan fingerprint density at radius 1 is 1.08 bits per heavy atom. The molecular formula is C17H16N4O3. The lowest BCUT2D eigenvalue weighted by Crippen LogP contribution is -2.24. The van der Waals surface area contributed by atoms with Crippen LogP contribution in [0, 0.1) is 13.8 Å². The second-order valence-corrected chi connectivity index (χ2v) is 5.43. The molecule has 7 nitrogen and oxygen atoms in total. The molecule has 3 rings (SSSR count). The van der Waals surface area contributed by atoms with Crippen molar-refractivity contribution in [2.75, 3.05) is 5.32 Å². The molecular weight excluding hydrogens is 308 g/mol. The zero-order valence-electron chi connectivity index (χ0n) is 13.2. The van der Waals surface area contributed by atoms with E-state index < -0.39 is 11.5 Å². The quantitative estimate of drug-likeness (QED) is 0.684. The Labute approximate surface area is 137 Å². The lowest BCUT2D eigenvalue weighted by atomic mass is 10.2. The third-order valence-corrected chi connectivity index (χ3v) is 3.65. The van der Waals surface area contributed by atoms with Gasteiger partial charge >= 0.3 is 5.69 Å². The van der Waals surface area contributed by atoms with Crippen LogP contribution in [-0.2, 0) is 0 Å². The van der Waals surface area contributed by atoms with Gasteiger partial charge in [-0.05, 0) is 38.1 Å². The number of imidazole rings is 1. The summed E-state index contributed by atoms with van der Waals surface area (Å²) in [4.78, 5) is 41.5. The highest BCUT2D eigenvalue weighted by Gasteiger charge is 2.15. The van der Waals surface area contributed by atoms with Crippen LogP contribution in [0.25, 0.3) is 5.69 Å². The van der Waals surface area contributed by atoms with Crippen LogP contribution in [0.2, 0.25) is 0 Å². The van der Waals surface area contributed by atoms with E-state index >= 15 is 0 Å². The van der Waals surface area contributed by atoms with Gasteiger partial charge in [0.1, 0.15) is 5.56 Å². The molecule has 0 bridgehead atoms. The van der Waals surface area contributed by atoms with E-state index in [9.17, 15) is 14.4 Å². The van der Waals surface area contributed by atoms with Crippen LogP contribution in [0.3, 0.4) is 0 Å². The zero-order chi connectivity index (χ0) is 17.3. The number of aryl methyl sites for hydroxylation is 2. The number of carbonyl (C=O) groups excluding carboxylic acids is 1. The number of hydrogen-bond acceptors (Lipinski definition) is 3. The Morgan fingerprint density at radius 3 is 2.50 bits per heavy atom. The number of para-hydroxylation sites is 2. The van der Waals surface area contributed by atoms with Gasteiger partial charge in [0.25, 0.3) is 11.5 Å². The van der Waals surface area contributed by atoms with Crippen LogP contribution >= 0.6 is 0 Å². The van der Waals surface area contributed by atoms with Crippen molar-refractivity contribution < 1.29 is 4.79 Å². The molecule has 7 heteroatoms. The third kappa shape index (κ3) is 2.79.